The lowest BCUT2D eigenvalue weighted by Gasteiger charge is -2.17. The summed E-state index contributed by atoms with van der Waals surface area (Å²) in [5.41, 5.74) is 2.92. The van der Waals surface area contributed by atoms with E-state index in [1.165, 1.54) is 0 Å². The average Bonchev–Trinajstić information content (AvgIpc) is 2.51. The van der Waals surface area contributed by atoms with Crippen LogP contribution in [0, 0.1) is 0 Å². The molecule has 0 heterocycles. The molecular weight excluding hydrogens is 188 g/mol. The van der Waals surface area contributed by atoms with E-state index in [9.17, 15) is 10.2 Å². The summed E-state index contributed by atoms with van der Waals surface area (Å²) in [4.78, 5) is 0. The molecule has 74 valence electrons. The van der Waals surface area contributed by atoms with Crippen LogP contribution >= 0.6 is 0 Å². The van der Waals surface area contributed by atoms with Gasteiger partial charge < -0.3 is 10.2 Å². The van der Waals surface area contributed by atoms with Gasteiger partial charge in [-0.3, -0.25) is 0 Å². The molecule has 0 spiro atoms. The first kappa shape index (κ1) is 8.65. The summed E-state index contributed by atoms with van der Waals surface area (Å²) in [6, 6.07) is 14.7. The highest BCUT2D eigenvalue weighted by atomic mass is 16.5. The molecule has 2 heteroatoms. The van der Waals surface area contributed by atoms with Gasteiger partial charge in [-0.25, -0.2) is 0 Å². The predicted molar refractivity (Wildman–Crippen MR) is 57.1 cm³/mol. The molecule has 0 saturated heterocycles. The predicted octanol–water partition coefficient (Wildman–Crippen LogP) is 1.85. The molecule has 15 heavy (non-hydrogen) atoms. The summed E-state index contributed by atoms with van der Waals surface area (Å²) in [7, 11) is 0. The maximum Gasteiger partial charge on any atom is 0.218 e. The minimum absolute atomic E-state index is 0.561. The number of aliphatic hydroxyl groups is 2. The third-order valence-electron chi connectivity index (χ3n) is 2.90. The summed E-state index contributed by atoms with van der Waals surface area (Å²) >= 11 is 0. The molecule has 2 aromatic carbocycles. The number of fused-ring (bicyclic) bond motifs is 3. The van der Waals surface area contributed by atoms with Crippen molar-refractivity contribution in [3.05, 3.63) is 59.7 Å². The van der Waals surface area contributed by atoms with E-state index in [2.05, 4.69) is 0 Å². The van der Waals surface area contributed by atoms with Crippen molar-refractivity contribution >= 4 is 0 Å². The van der Waals surface area contributed by atoms with E-state index in [0.717, 1.165) is 11.1 Å². The minimum atomic E-state index is -1.84. The Morgan fingerprint density at radius 3 is 1.53 bits per heavy atom. The van der Waals surface area contributed by atoms with Gasteiger partial charge in [-0.1, -0.05) is 48.5 Å². The van der Waals surface area contributed by atoms with Crippen LogP contribution < -0.4 is 0 Å². The summed E-state index contributed by atoms with van der Waals surface area (Å²) in [6.45, 7) is 0. The Hall–Kier alpha value is -1.64. The van der Waals surface area contributed by atoms with E-state index in [1.54, 1.807) is 12.1 Å². The van der Waals surface area contributed by atoms with Crippen LogP contribution in [0.5, 0.6) is 0 Å². The Morgan fingerprint density at radius 2 is 1.07 bits per heavy atom. The van der Waals surface area contributed by atoms with E-state index < -0.39 is 5.79 Å². The van der Waals surface area contributed by atoms with E-state index in [0.29, 0.717) is 11.1 Å². The van der Waals surface area contributed by atoms with Crippen molar-refractivity contribution in [2.24, 2.45) is 0 Å². The molecule has 0 bridgehead atoms. The fourth-order valence-corrected chi connectivity index (χ4v) is 2.19. The quantitative estimate of drug-likeness (QED) is 0.634. The van der Waals surface area contributed by atoms with E-state index >= 15 is 0 Å². The van der Waals surface area contributed by atoms with Crippen molar-refractivity contribution in [1.29, 1.82) is 0 Å². The lowest BCUT2D eigenvalue weighted by Crippen LogP contribution is -2.23. The first-order valence-corrected chi connectivity index (χ1v) is 4.85. The molecule has 2 aromatic rings. The normalized spacial score (nSPS) is 15.9. The second-order valence-electron chi connectivity index (χ2n) is 3.76. The zero-order chi connectivity index (χ0) is 10.5. The van der Waals surface area contributed by atoms with Crippen LogP contribution in [0.15, 0.2) is 48.5 Å². The van der Waals surface area contributed by atoms with Crippen LogP contribution in [-0.2, 0) is 5.79 Å². The number of rotatable bonds is 0. The van der Waals surface area contributed by atoms with Gasteiger partial charge in [0.25, 0.3) is 0 Å². The fraction of sp³-hybridized carbons (Fsp3) is 0.0769. The van der Waals surface area contributed by atoms with Crippen molar-refractivity contribution < 1.29 is 10.2 Å². The average molecular weight is 198 g/mol. The third-order valence-corrected chi connectivity index (χ3v) is 2.90. The molecular formula is C13H10O2. The molecule has 0 unspecified atom stereocenters. The van der Waals surface area contributed by atoms with Gasteiger partial charge in [-0.15, -0.1) is 0 Å². The van der Waals surface area contributed by atoms with Gasteiger partial charge >= 0.3 is 0 Å². The van der Waals surface area contributed by atoms with Crippen molar-refractivity contribution in [3.63, 3.8) is 0 Å². The Morgan fingerprint density at radius 1 is 0.667 bits per heavy atom. The molecule has 0 aliphatic heterocycles. The molecule has 0 amide bonds. The highest BCUT2D eigenvalue weighted by Crippen LogP contribution is 2.45. The maximum atomic E-state index is 10.1. The zero-order valence-electron chi connectivity index (χ0n) is 8.01. The Labute approximate surface area is 87.4 Å². The topological polar surface area (TPSA) is 40.5 Å². The van der Waals surface area contributed by atoms with Gasteiger partial charge in [0.05, 0.1) is 0 Å². The van der Waals surface area contributed by atoms with E-state index in [-0.39, 0.29) is 0 Å². The first-order valence-electron chi connectivity index (χ1n) is 4.85. The van der Waals surface area contributed by atoms with Gasteiger partial charge in [0.15, 0.2) is 0 Å². The number of benzene rings is 2. The largest absolute Gasteiger partial charge is 0.358 e. The highest BCUT2D eigenvalue weighted by Gasteiger charge is 2.39. The van der Waals surface area contributed by atoms with Gasteiger partial charge in [0.1, 0.15) is 0 Å². The molecule has 0 atom stereocenters. The molecule has 0 fully saturated rings. The van der Waals surface area contributed by atoms with Crippen molar-refractivity contribution in [1.82, 2.24) is 0 Å². The van der Waals surface area contributed by atoms with Crippen molar-refractivity contribution in [3.8, 4) is 11.1 Å². The number of hydrogen-bond acceptors (Lipinski definition) is 2. The molecule has 3 rings (SSSR count). The van der Waals surface area contributed by atoms with Crippen LogP contribution in [-0.4, -0.2) is 10.2 Å². The van der Waals surface area contributed by atoms with Crippen LogP contribution in [0.1, 0.15) is 11.1 Å². The summed E-state index contributed by atoms with van der Waals surface area (Å²) in [6.07, 6.45) is 0. The van der Waals surface area contributed by atoms with Gasteiger partial charge in [-0.2, -0.15) is 0 Å². The second kappa shape index (κ2) is 2.69. The zero-order valence-corrected chi connectivity index (χ0v) is 8.01. The Bertz CT molecular complexity index is 482. The van der Waals surface area contributed by atoms with Crippen LogP contribution in [0.4, 0.5) is 0 Å². The first-order chi connectivity index (χ1) is 7.21. The lowest BCUT2D eigenvalue weighted by atomic mass is 10.1. The fourth-order valence-electron chi connectivity index (χ4n) is 2.19. The summed E-state index contributed by atoms with van der Waals surface area (Å²) in [5.74, 6) is -1.84. The SMILES string of the molecule is OC1(O)c2ccccc2-c2ccccc21. The molecule has 0 saturated carbocycles. The number of hydrogen-bond donors (Lipinski definition) is 2. The van der Waals surface area contributed by atoms with Crippen LogP contribution in [0.3, 0.4) is 0 Å². The van der Waals surface area contributed by atoms with Crippen LogP contribution in [0.25, 0.3) is 11.1 Å². The van der Waals surface area contributed by atoms with Crippen LogP contribution in [0.2, 0.25) is 0 Å². The van der Waals surface area contributed by atoms with E-state index in [4.69, 9.17) is 0 Å². The monoisotopic (exact) mass is 198 g/mol. The standard InChI is InChI=1S/C13H10O2/c14-13(15)11-7-3-1-5-9(11)10-6-2-4-8-12(10)13/h1-8,14-15H. The van der Waals surface area contributed by atoms with Crippen molar-refractivity contribution in [2.45, 2.75) is 5.79 Å². The lowest BCUT2D eigenvalue weighted by molar-refractivity contribution is -0.128. The molecule has 0 aromatic heterocycles. The molecule has 1 aliphatic carbocycles. The second-order valence-corrected chi connectivity index (χ2v) is 3.76. The Balaban J connectivity index is 2.42. The van der Waals surface area contributed by atoms with Gasteiger partial charge in [0, 0.05) is 11.1 Å². The highest BCUT2D eigenvalue weighted by molar-refractivity contribution is 5.78. The molecule has 2 nitrogen and oxygen atoms in total. The molecule has 0 radical (unpaired) electrons. The van der Waals surface area contributed by atoms with E-state index in [1.807, 2.05) is 36.4 Å². The third kappa shape index (κ3) is 1.00. The minimum Gasteiger partial charge on any atom is -0.358 e. The maximum absolute atomic E-state index is 10.1. The Kier molecular flexibility index (Phi) is 1.55. The summed E-state index contributed by atoms with van der Waals surface area (Å²) < 4.78 is 0. The molecule has 1 aliphatic rings. The smallest absolute Gasteiger partial charge is 0.218 e. The van der Waals surface area contributed by atoms with Crippen molar-refractivity contribution in [2.75, 3.05) is 0 Å². The molecule has 2 N–H and O–H groups in total. The summed E-state index contributed by atoms with van der Waals surface area (Å²) in [5, 5.41) is 20.1. The van der Waals surface area contributed by atoms with Gasteiger partial charge in [-0.05, 0) is 11.1 Å². The van der Waals surface area contributed by atoms with Gasteiger partial charge in [0.2, 0.25) is 5.79 Å².